The van der Waals surface area contributed by atoms with Crippen molar-refractivity contribution in [1.82, 2.24) is 5.32 Å². The molecule has 0 aliphatic heterocycles. The summed E-state index contributed by atoms with van der Waals surface area (Å²) in [7, 11) is 1.17. The maximum Gasteiger partial charge on any atom is 0.334 e. The zero-order valence-electron chi connectivity index (χ0n) is 10.3. The van der Waals surface area contributed by atoms with Crippen LogP contribution in [0.15, 0.2) is 18.2 Å². The van der Waals surface area contributed by atoms with Gasteiger partial charge in [-0.05, 0) is 6.07 Å². The van der Waals surface area contributed by atoms with Crippen molar-refractivity contribution in [3.05, 3.63) is 38.9 Å². The average molecular weight is 303 g/mol. The number of hydrogen-bond donors (Lipinski definition) is 2. The van der Waals surface area contributed by atoms with Crippen LogP contribution in [0.3, 0.4) is 0 Å². The largest absolute Gasteiger partial charge is 0.479 e. The second-order valence-electron chi connectivity index (χ2n) is 3.66. The van der Waals surface area contributed by atoms with Crippen LogP contribution in [-0.4, -0.2) is 41.7 Å². The molecule has 1 aromatic rings. The van der Waals surface area contributed by atoms with E-state index in [1.807, 2.05) is 0 Å². The second kappa shape index (κ2) is 6.83. The van der Waals surface area contributed by atoms with Crippen molar-refractivity contribution in [2.24, 2.45) is 0 Å². The number of rotatable bonds is 6. The van der Waals surface area contributed by atoms with Crippen LogP contribution in [0, 0.1) is 10.1 Å². The van der Waals surface area contributed by atoms with Gasteiger partial charge in [-0.3, -0.25) is 14.9 Å². The fourth-order valence-corrected chi connectivity index (χ4v) is 1.69. The second-order valence-corrected chi connectivity index (χ2v) is 4.07. The highest BCUT2D eigenvalue weighted by atomic mass is 35.5. The number of carboxylic acids is 1. The summed E-state index contributed by atoms with van der Waals surface area (Å²) in [4.78, 5) is 32.7. The third-order valence-electron chi connectivity index (χ3n) is 2.42. The number of methoxy groups -OCH3 is 1. The van der Waals surface area contributed by atoms with Crippen molar-refractivity contribution in [3.8, 4) is 0 Å². The Morgan fingerprint density at radius 3 is 2.70 bits per heavy atom. The monoisotopic (exact) mass is 302 g/mol. The quantitative estimate of drug-likeness (QED) is 0.599. The van der Waals surface area contributed by atoms with Gasteiger partial charge in [0.2, 0.25) is 0 Å². The summed E-state index contributed by atoms with van der Waals surface area (Å²) in [6.07, 6.45) is -1.25. The van der Waals surface area contributed by atoms with Crippen molar-refractivity contribution < 1.29 is 24.4 Å². The van der Waals surface area contributed by atoms with Crippen molar-refractivity contribution >= 4 is 29.2 Å². The first-order chi connectivity index (χ1) is 9.38. The van der Waals surface area contributed by atoms with Gasteiger partial charge in [0.25, 0.3) is 11.6 Å². The van der Waals surface area contributed by atoms with E-state index in [4.69, 9.17) is 16.7 Å². The highest BCUT2D eigenvalue weighted by Crippen LogP contribution is 2.25. The van der Waals surface area contributed by atoms with E-state index in [-0.39, 0.29) is 17.1 Å². The molecule has 0 heterocycles. The number of carboxylic acid groups (broad SMARTS) is 1. The van der Waals surface area contributed by atoms with E-state index >= 15 is 0 Å². The van der Waals surface area contributed by atoms with Crippen LogP contribution in [0.4, 0.5) is 5.69 Å². The van der Waals surface area contributed by atoms with Gasteiger partial charge in [-0.15, -0.1) is 0 Å². The number of nitrogens with zero attached hydrogens (tertiary/aromatic N) is 1. The summed E-state index contributed by atoms with van der Waals surface area (Å²) < 4.78 is 4.62. The summed E-state index contributed by atoms with van der Waals surface area (Å²) in [5, 5.41) is 21.7. The minimum absolute atomic E-state index is 0.0963. The van der Waals surface area contributed by atoms with Gasteiger partial charge in [0.15, 0.2) is 6.10 Å². The number of ether oxygens (including phenoxy) is 1. The molecular formula is C11H11ClN2O6. The molecule has 20 heavy (non-hydrogen) atoms. The van der Waals surface area contributed by atoms with Gasteiger partial charge in [-0.2, -0.15) is 0 Å². The first kappa shape index (κ1) is 15.9. The molecule has 9 heteroatoms. The van der Waals surface area contributed by atoms with E-state index in [2.05, 4.69) is 10.1 Å². The molecule has 2 N–H and O–H groups in total. The number of halogens is 1. The number of amides is 1. The van der Waals surface area contributed by atoms with Crippen LogP contribution in [0.25, 0.3) is 0 Å². The maximum atomic E-state index is 11.9. The van der Waals surface area contributed by atoms with Gasteiger partial charge >= 0.3 is 5.97 Å². The molecule has 0 aromatic heterocycles. The van der Waals surface area contributed by atoms with Crippen LogP contribution in [0.2, 0.25) is 5.02 Å². The minimum Gasteiger partial charge on any atom is -0.479 e. The first-order valence-electron chi connectivity index (χ1n) is 5.35. The molecule has 108 valence electrons. The molecule has 1 aromatic carbocycles. The van der Waals surface area contributed by atoms with Crippen molar-refractivity contribution in [2.45, 2.75) is 6.10 Å². The third-order valence-corrected chi connectivity index (χ3v) is 2.74. The molecule has 1 rings (SSSR count). The normalized spacial score (nSPS) is 11.7. The van der Waals surface area contributed by atoms with Gasteiger partial charge in [-0.1, -0.05) is 17.7 Å². The zero-order valence-corrected chi connectivity index (χ0v) is 11.1. The van der Waals surface area contributed by atoms with Gasteiger partial charge in [0, 0.05) is 13.2 Å². The Kier molecular flexibility index (Phi) is 5.42. The number of benzene rings is 1. The summed E-state index contributed by atoms with van der Waals surface area (Å²) in [5.41, 5.74) is -0.779. The highest BCUT2D eigenvalue weighted by molar-refractivity contribution is 6.34. The maximum absolute atomic E-state index is 11.9. The lowest BCUT2D eigenvalue weighted by Gasteiger charge is -2.12. The number of nitro groups is 1. The fourth-order valence-electron chi connectivity index (χ4n) is 1.43. The lowest BCUT2D eigenvalue weighted by molar-refractivity contribution is -0.385. The van der Waals surface area contributed by atoms with Crippen molar-refractivity contribution in [3.63, 3.8) is 0 Å². The topological polar surface area (TPSA) is 119 Å². The van der Waals surface area contributed by atoms with Crippen LogP contribution in [-0.2, 0) is 9.53 Å². The van der Waals surface area contributed by atoms with E-state index in [1.54, 1.807) is 0 Å². The molecule has 1 unspecified atom stereocenters. The van der Waals surface area contributed by atoms with Crippen LogP contribution < -0.4 is 5.32 Å². The third kappa shape index (κ3) is 3.65. The number of nitro benzene ring substituents is 1. The van der Waals surface area contributed by atoms with Gasteiger partial charge < -0.3 is 15.2 Å². The Labute approximate surface area is 118 Å². The summed E-state index contributed by atoms with van der Waals surface area (Å²) in [6.45, 7) is -0.340. The standard InChI is InChI=1S/C11H11ClN2O6/c1-20-8(11(16)17)5-13-10(15)9-6(12)3-2-4-7(9)14(18)19/h2-4,8H,5H2,1H3,(H,13,15)(H,16,17). The number of carbonyl (C=O) groups is 2. The molecule has 0 saturated carbocycles. The van der Waals surface area contributed by atoms with Crippen molar-refractivity contribution in [2.75, 3.05) is 13.7 Å². The lowest BCUT2D eigenvalue weighted by atomic mass is 10.1. The Bertz CT molecular complexity index is 548. The molecule has 0 saturated heterocycles. The predicted octanol–water partition coefficient (Wildman–Crippen LogP) is 1.08. The molecule has 0 fully saturated rings. The molecule has 1 amide bonds. The number of carbonyl (C=O) groups excluding carboxylic acids is 1. The van der Waals surface area contributed by atoms with Gasteiger partial charge in [0.1, 0.15) is 5.56 Å². The zero-order chi connectivity index (χ0) is 15.3. The van der Waals surface area contributed by atoms with E-state index < -0.39 is 28.6 Å². The fraction of sp³-hybridized carbons (Fsp3) is 0.273. The molecule has 0 bridgehead atoms. The van der Waals surface area contributed by atoms with Crippen molar-refractivity contribution in [1.29, 1.82) is 0 Å². The van der Waals surface area contributed by atoms with Crippen LogP contribution >= 0.6 is 11.6 Å². The number of nitrogens with one attached hydrogen (secondary N) is 1. The molecular weight excluding hydrogens is 292 g/mol. The minimum atomic E-state index is -1.26. The van der Waals surface area contributed by atoms with Crippen LogP contribution in [0.5, 0.6) is 0 Å². The van der Waals surface area contributed by atoms with E-state index in [0.29, 0.717) is 0 Å². The molecule has 8 nitrogen and oxygen atoms in total. The van der Waals surface area contributed by atoms with E-state index in [1.165, 1.54) is 19.2 Å². The Balaban J connectivity index is 2.93. The molecule has 1 atom stereocenters. The predicted molar refractivity (Wildman–Crippen MR) is 68.9 cm³/mol. The van der Waals surface area contributed by atoms with Gasteiger partial charge in [0.05, 0.1) is 16.5 Å². The SMILES string of the molecule is COC(CNC(=O)c1c(Cl)cccc1[N+](=O)[O-])C(=O)O. The first-order valence-corrected chi connectivity index (χ1v) is 5.73. The Morgan fingerprint density at radius 2 is 2.20 bits per heavy atom. The molecule has 0 radical (unpaired) electrons. The lowest BCUT2D eigenvalue weighted by Crippen LogP contribution is -2.38. The van der Waals surface area contributed by atoms with E-state index in [0.717, 1.165) is 6.07 Å². The number of hydrogen-bond acceptors (Lipinski definition) is 5. The summed E-state index contributed by atoms with van der Waals surface area (Å²) >= 11 is 5.77. The molecule has 0 aliphatic rings. The van der Waals surface area contributed by atoms with E-state index in [9.17, 15) is 19.7 Å². The average Bonchev–Trinajstić information content (AvgIpc) is 2.38. The highest BCUT2D eigenvalue weighted by Gasteiger charge is 2.25. The van der Waals surface area contributed by atoms with Gasteiger partial charge in [-0.25, -0.2) is 4.79 Å². The molecule has 0 spiro atoms. The Morgan fingerprint density at radius 1 is 1.55 bits per heavy atom. The molecule has 0 aliphatic carbocycles. The number of aliphatic carboxylic acids is 1. The summed E-state index contributed by atoms with van der Waals surface area (Å²) in [5.74, 6) is -2.10. The smallest absolute Gasteiger partial charge is 0.334 e. The van der Waals surface area contributed by atoms with Crippen LogP contribution in [0.1, 0.15) is 10.4 Å². The Hall–Kier alpha value is -2.19. The summed E-state index contributed by atoms with van der Waals surface area (Å²) in [6, 6.07) is 3.80.